The number of aliphatic imine (C=N–C) groups is 1. The van der Waals surface area contributed by atoms with E-state index in [1.54, 1.807) is 4.90 Å². The fraction of sp³-hybridized carbons (Fsp3) is 0.900. The number of carbonyl (C=O) groups is 1. The van der Waals surface area contributed by atoms with E-state index in [0.29, 0.717) is 30.0 Å². The first-order valence-corrected chi connectivity index (χ1v) is 10.3. The molecule has 3 aliphatic carbocycles. The van der Waals surface area contributed by atoms with Crippen LogP contribution in [0.5, 0.6) is 0 Å². The van der Waals surface area contributed by atoms with Gasteiger partial charge in [-0.3, -0.25) is 9.79 Å². The Bertz CT molecular complexity index is 585. The lowest BCUT2D eigenvalue weighted by Gasteiger charge is -2.63. The number of fused-ring (bicyclic) bond motifs is 2. The van der Waals surface area contributed by atoms with E-state index in [1.165, 1.54) is 19.3 Å². The van der Waals surface area contributed by atoms with Gasteiger partial charge in [0, 0.05) is 51.7 Å². The molecule has 0 aromatic rings. The van der Waals surface area contributed by atoms with Gasteiger partial charge >= 0.3 is 0 Å². The lowest BCUT2D eigenvalue weighted by Crippen LogP contribution is -2.72. The zero-order valence-corrected chi connectivity index (χ0v) is 19.3. The van der Waals surface area contributed by atoms with Gasteiger partial charge in [0.1, 0.15) is 0 Å². The predicted octanol–water partition coefficient (Wildman–Crippen LogP) is 2.38. The number of ether oxygens (including phenoxy) is 1. The van der Waals surface area contributed by atoms with Crippen LogP contribution in [0.25, 0.3) is 0 Å². The number of halogens is 1. The molecule has 2 N–H and O–H groups in total. The summed E-state index contributed by atoms with van der Waals surface area (Å²) in [6, 6.07) is 0.471. The molecule has 3 atom stereocenters. The van der Waals surface area contributed by atoms with E-state index in [2.05, 4.69) is 15.6 Å². The fourth-order valence-corrected chi connectivity index (χ4v) is 6.04. The van der Waals surface area contributed by atoms with Gasteiger partial charge in [-0.25, -0.2) is 0 Å². The second-order valence-electron chi connectivity index (χ2n) is 9.07. The van der Waals surface area contributed by atoms with Crippen molar-refractivity contribution in [1.29, 1.82) is 0 Å². The molecule has 0 radical (unpaired) electrons. The van der Waals surface area contributed by atoms with Crippen LogP contribution >= 0.6 is 24.0 Å². The van der Waals surface area contributed by atoms with Crippen molar-refractivity contribution in [2.24, 2.45) is 21.7 Å². The third-order valence-electron chi connectivity index (χ3n) is 7.57. The number of guanidine groups is 1. The summed E-state index contributed by atoms with van der Waals surface area (Å²) in [7, 11) is 5.56. The third-order valence-corrected chi connectivity index (χ3v) is 7.57. The van der Waals surface area contributed by atoms with Crippen LogP contribution in [0.1, 0.15) is 51.4 Å². The van der Waals surface area contributed by atoms with E-state index in [1.807, 2.05) is 21.1 Å². The molecule has 1 saturated heterocycles. The summed E-state index contributed by atoms with van der Waals surface area (Å²) in [5.41, 5.74) is 0.0667. The zero-order valence-electron chi connectivity index (χ0n) is 16.9. The first-order valence-electron chi connectivity index (χ1n) is 10.3. The molecule has 4 aliphatic rings. The van der Waals surface area contributed by atoms with Crippen LogP contribution < -0.4 is 10.6 Å². The molecule has 0 aromatic heterocycles. The van der Waals surface area contributed by atoms with Crippen LogP contribution in [0.4, 0.5) is 0 Å². The van der Waals surface area contributed by atoms with E-state index >= 15 is 0 Å². The zero-order chi connectivity index (χ0) is 18.4. The Labute approximate surface area is 180 Å². The molecule has 154 valence electrons. The Kier molecular flexibility index (Phi) is 6.30. The molecular formula is C20H35IN4O2. The van der Waals surface area contributed by atoms with Crippen LogP contribution in [-0.4, -0.2) is 63.2 Å². The molecule has 1 aliphatic heterocycles. The lowest BCUT2D eigenvalue weighted by atomic mass is 9.46. The maximum absolute atomic E-state index is 12.8. The maximum Gasteiger partial charge on any atom is 0.230 e. The first kappa shape index (κ1) is 21.1. The van der Waals surface area contributed by atoms with Crippen LogP contribution in [0.3, 0.4) is 0 Å². The molecule has 1 amide bonds. The van der Waals surface area contributed by atoms with Gasteiger partial charge in [0.05, 0.1) is 11.5 Å². The van der Waals surface area contributed by atoms with Gasteiger partial charge in [-0.1, -0.05) is 19.3 Å². The summed E-state index contributed by atoms with van der Waals surface area (Å²) >= 11 is 0. The lowest BCUT2D eigenvalue weighted by molar-refractivity contribution is -0.171. The summed E-state index contributed by atoms with van der Waals surface area (Å²) in [5.74, 6) is 1.73. The van der Waals surface area contributed by atoms with Gasteiger partial charge < -0.3 is 20.3 Å². The molecule has 3 saturated carbocycles. The number of hydrogen-bond donors (Lipinski definition) is 2. The number of nitrogens with zero attached hydrogens (tertiary/aromatic N) is 2. The van der Waals surface area contributed by atoms with Crippen molar-refractivity contribution in [2.75, 3.05) is 34.3 Å². The number of rotatable bonds is 4. The monoisotopic (exact) mass is 490 g/mol. The first-order chi connectivity index (χ1) is 12.5. The Morgan fingerprint density at radius 3 is 2.44 bits per heavy atom. The molecule has 1 heterocycles. The summed E-state index contributed by atoms with van der Waals surface area (Å²) in [5, 5.41) is 7.21. The number of nitrogens with one attached hydrogen (secondary N) is 2. The summed E-state index contributed by atoms with van der Waals surface area (Å²) in [4.78, 5) is 19.0. The van der Waals surface area contributed by atoms with Gasteiger partial charge in [0.2, 0.25) is 5.91 Å². The Hall–Kier alpha value is -0.570. The Balaban J connectivity index is 0.00000210. The second kappa shape index (κ2) is 8.05. The quantitative estimate of drug-likeness (QED) is 0.361. The Morgan fingerprint density at radius 2 is 1.89 bits per heavy atom. The highest BCUT2D eigenvalue weighted by Gasteiger charge is 2.66. The molecule has 4 rings (SSSR count). The van der Waals surface area contributed by atoms with Crippen molar-refractivity contribution >= 4 is 35.8 Å². The highest BCUT2D eigenvalue weighted by atomic mass is 127. The standard InChI is InChI=1S/C20H34N4O2.HI/c1-21-18(22-13-19(8-4-5-9-19)17(25)24(2)3)23-15-14-7-12-26-16(14)20(15)10-6-11-20;/h14-16H,4-13H2,1-3H3,(H2,21,22,23);1H. The predicted molar refractivity (Wildman–Crippen MR) is 117 cm³/mol. The maximum atomic E-state index is 12.8. The van der Waals surface area contributed by atoms with E-state index in [0.717, 1.165) is 44.7 Å². The summed E-state index contributed by atoms with van der Waals surface area (Å²) < 4.78 is 6.02. The van der Waals surface area contributed by atoms with Gasteiger partial charge in [-0.05, 0) is 32.1 Å². The van der Waals surface area contributed by atoms with Crippen molar-refractivity contribution in [3.8, 4) is 0 Å². The minimum Gasteiger partial charge on any atom is -0.377 e. The topological polar surface area (TPSA) is 66.0 Å². The Morgan fingerprint density at radius 1 is 1.19 bits per heavy atom. The molecule has 6 nitrogen and oxygen atoms in total. The number of amides is 1. The normalized spacial score (nSPS) is 32.7. The van der Waals surface area contributed by atoms with Crippen molar-refractivity contribution in [2.45, 2.75) is 63.5 Å². The fourth-order valence-electron chi connectivity index (χ4n) is 6.04. The average Bonchev–Trinajstić information content (AvgIpc) is 3.22. The summed E-state index contributed by atoms with van der Waals surface area (Å²) in [6.45, 7) is 1.58. The van der Waals surface area contributed by atoms with Crippen molar-refractivity contribution in [3.05, 3.63) is 0 Å². The van der Waals surface area contributed by atoms with E-state index < -0.39 is 0 Å². The molecule has 0 bridgehead atoms. The van der Waals surface area contributed by atoms with E-state index in [-0.39, 0.29) is 35.3 Å². The van der Waals surface area contributed by atoms with E-state index in [4.69, 9.17) is 4.74 Å². The second-order valence-corrected chi connectivity index (χ2v) is 9.07. The van der Waals surface area contributed by atoms with Gasteiger partial charge in [-0.15, -0.1) is 24.0 Å². The average molecular weight is 490 g/mol. The molecule has 0 aromatic carbocycles. The number of carbonyl (C=O) groups excluding carboxylic acids is 1. The molecule has 3 unspecified atom stereocenters. The summed E-state index contributed by atoms with van der Waals surface area (Å²) in [6.07, 6.45) is 9.70. The van der Waals surface area contributed by atoms with Crippen molar-refractivity contribution in [3.63, 3.8) is 0 Å². The minimum absolute atomic E-state index is 0. The van der Waals surface area contributed by atoms with Crippen LogP contribution in [-0.2, 0) is 9.53 Å². The van der Waals surface area contributed by atoms with Crippen LogP contribution in [0.15, 0.2) is 4.99 Å². The molecule has 7 heteroatoms. The van der Waals surface area contributed by atoms with Crippen molar-refractivity contribution < 1.29 is 9.53 Å². The molecule has 27 heavy (non-hydrogen) atoms. The SMILES string of the molecule is CN=C(NCC1(C(=O)N(C)C)CCCC1)NC1C2CCOC2C12CCC2.I. The smallest absolute Gasteiger partial charge is 0.230 e. The number of hydrogen-bond acceptors (Lipinski definition) is 3. The van der Waals surface area contributed by atoms with Gasteiger partial charge in [0.15, 0.2) is 5.96 Å². The molecule has 1 spiro atoms. The van der Waals surface area contributed by atoms with Crippen LogP contribution in [0.2, 0.25) is 0 Å². The minimum atomic E-state index is -0.270. The third kappa shape index (κ3) is 3.36. The highest BCUT2D eigenvalue weighted by Crippen LogP contribution is 2.62. The van der Waals surface area contributed by atoms with Crippen molar-refractivity contribution in [1.82, 2.24) is 15.5 Å². The highest BCUT2D eigenvalue weighted by molar-refractivity contribution is 14.0. The van der Waals surface area contributed by atoms with Gasteiger partial charge in [0.25, 0.3) is 0 Å². The largest absolute Gasteiger partial charge is 0.377 e. The van der Waals surface area contributed by atoms with Crippen LogP contribution in [0, 0.1) is 16.7 Å². The van der Waals surface area contributed by atoms with Gasteiger partial charge in [-0.2, -0.15) is 0 Å². The van der Waals surface area contributed by atoms with E-state index in [9.17, 15) is 4.79 Å². The molecule has 4 fully saturated rings. The molecular weight excluding hydrogens is 455 g/mol.